The summed E-state index contributed by atoms with van der Waals surface area (Å²) in [5, 5.41) is 5.77. The third-order valence-electron chi connectivity index (χ3n) is 5.55. The molecule has 182 valence electrons. The van der Waals surface area contributed by atoms with Crippen molar-refractivity contribution in [3.8, 4) is 0 Å². The van der Waals surface area contributed by atoms with Gasteiger partial charge < -0.3 is 25.2 Å². The van der Waals surface area contributed by atoms with Crippen LogP contribution in [0.2, 0.25) is 0 Å². The van der Waals surface area contributed by atoms with Crippen LogP contribution in [0.15, 0.2) is 54.7 Å². The zero-order valence-corrected chi connectivity index (χ0v) is 19.9. The van der Waals surface area contributed by atoms with Gasteiger partial charge in [-0.1, -0.05) is 30.3 Å². The summed E-state index contributed by atoms with van der Waals surface area (Å²) in [6.07, 6.45) is 1.14. The van der Waals surface area contributed by atoms with Gasteiger partial charge in [-0.15, -0.1) is 0 Å². The highest BCUT2D eigenvalue weighted by Gasteiger charge is 2.23. The van der Waals surface area contributed by atoms with Crippen molar-refractivity contribution in [1.29, 1.82) is 0 Å². The lowest BCUT2D eigenvalue weighted by Crippen LogP contribution is -2.51. The molecule has 0 atom stereocenters. The molecular weight excluding hydrogens is 446 g/mol. The lowest BCUT2D eigenvalue weighted by Gasteiger charge is -2.35. The number of nitrogens with one attached hydrogen (secondary N) is 2. The Kier molecular flexibility index (Phi) is 7.71. The van der Waals surface area contributed by atoms with Gasteiger partial charge in [-0.3, -0.25) is 4.79 Å². The van der Waals surface area contributed by atoms with Crippen LogP contribution in [0.4, 0.5) is 22.2 Å². The molecule has 35 heavy (non-hydrogen) atoms. The molecule has 1 aromatic carbocycles. The zero-order valence-electron chi connectivity index (χ0n) is 19.9. The van der Waals surface area contributed by atoms with Crippen LogP contribution in [0.25, 0.3) is 0 Å². The average molecular weight is 476 g/mol. The van der Waals surface area contributed by atoms with Gasteiger partial charge in [0, 0.05) is 38.4 Å². The summed E-state index contributed by atoms with van der Waals surface area (Å²) in [4.78, 5) is 41.7. The normalized spacial score (nSPS) is 13.3. The molecule has 2 aromatic heterocycles. The topological polar surface area (TPSA) is 113 Å². The third kappa shape index (κ3) is 6.89. The van der Waals surface area contributed by atoms with Gasteiger partial charge in [0.2, 0.25) is 5.91 Å². The third-order valence-corrected chi connectivity index (χ3v) is 5.55. The van der Waals surface area contributed by atoms with E-state index in [9.17, 15) is 9.59 Å². The summed E-state index contributed by atoms with van der Waals surface area (Å²) in [6.45, 7) is 6.24. The molecule has 0 bridgehead atoms. The molecule has 0 radical (unpaired) electrons. The minimum Gasteiger partial charge on any atom is -0.445 e. The first-order chi connectivity index (χ1) is 17.0. The number of anilines is 3. The monoisotopic (exact) mass is 475 g/mol. The molecule has 0 spiro atoms. The Morgan fingerprint density at radius 1 is 0.971 bits per heavy atom. The minimum atomic E-state index is -0.611. The SMILES string of the molecule is Cc1ccnc(Nc2cc(N3CCN(C(=O)CNC(=O)OCc4ccccc4)CC3)nc(C)n2)c1. The predicted octanol–water partition coefficient (Wildman–Crippen LogP) is 2.81. The fraction of sp³-hybridized carbons (Fsp3) is 0.320. The summed E-state index contributed by atoms with van der Waals surface area (Å²) >= 11 is 0. The first-order valence-electron chi connectivity index (χ1n) is 11.5. The second kappa shape index (κ2) is 11.3. The van der Waals surface area contributed by atoms with E-state index in [0.717, 1.165) is 22.8 Å². The molecule has 1 aliphatic heterocycles. The van der Waals surface area contributed by atoms with E-state index in [1.807, 2.05) is 62.4 Å². The summed E-state index contributed by atoms with van der Waals surface area (Å²) < 4.78 is 5.16. The molecule has 2 amide bonds. The Bertz CT molecular complexity index is 1160. The van der Waals surface area contributed by atoms with Gasteiger partial charge in [-0.05, 0) is 37.1 Å². The number of alkyl carbamates (subject to hydrolysis) is 1. The first kappa shape index (κ1) is 23.9. The number of aromatic nitrogens is 3. The number of hydrogen-bond acceptors (Lipinski definition) is 8. The van der Waals surface area contributed by atoms with Gasteiger partial charge >= 0.3 is 6.09 Å². The predicted molar refractivity (Wildman–Crippen MR) is 132 cm³/mol. The van der Waals surface area contributed by atoms with Crippen molar-refractivity contribution in [2.24, 2.45) is 0 Å². The number of hydrogen-bond donors (Lipinski definition) is 2. The molecular formula is C25H29N7O3. The smallest absolute Gasteiger partial charge is 0.407 e. The molecule has 3 heterocycles. The first-order valence-corrected chi connectivity index (χ1v) is 11.5. The summed E-state index contributed by atoms with van der Waals surface area (Å²) in [5.41, 5.74) is 1.99. The van der Waals surface area contributed by atoms with E-state index in [2.05, 4.69) is 30.5 Å². The Balaban J connectivity index is 1.25. The van der Waals surface area contributed by atoms with Gasteiger partial charge in [0.1, 0.15) is 36.4 Å². The van der Waals surface area contributed by atoms with Crippen LogP contribution in [0, 0.1) is 13.8 Å². The molecule has 10 heteroatoms. The van der Waals surface area contributed by atoms with Crippen LogP contribution in [0.1, 0.15) is 17.0 Å². The van der Waals surface area contributed by atoms with E-state index in [1.54, 1.807) is 11.1 Å². The van der Waals surface area contributed by atoms with Crippen molar-refractivity contribution < 1.29 is 14.3 Å². The molecule has 2 N–H and O–H groups in total. The van der Waals surface area contributed by atoms with E-state index in [0.29, 0.717) is 37.8 Å². The van der Waals surface area contributed by atoms with E-state index >= 15 is 0 Å². The van der Waals surface area contributed by atoms with Crippen molar-refractivity contribution in [1.82, 2.24) is 25.2 Å². The van der Waals surface area contributed by atoms with E-state index in [1.165, 1.54) is 0 Å². The number of carbonyl (C=O) groups is 2. The number of ether oxygens (including phenoxy) is 1. The van der Waals surface area contributed by atoms with Gasteiger partial charge in [0.25, 0.3) is 0 Å². The number of piperazine rings is 1. The Labute approximate surface area is 204 Å². The largest absolute Gasteiger partial charge is 0.445 e. The molecule has 0 unspecified atom stereocenters. The zero-order chi connectivity index (χ0) is 24.6. The molecule has 3 aromatic rings. The molecule has 1 aliphatic rings. The number of carbonyl (C=O) groups excluding carboxylic acids is 2. The Hall–Kier alpha value is -4.21. The van der Waals surface area contributed by atoms with Crippen molar-refractivity contribution >= 4 is 29.5 Å². The second-order valence-corrected chi connectivity index (χ2v) is 8.29. The van der Waals surface area contributed by atoms with E-state index in [-0.39, 0.29) is 19.1 Å². The van der Waals surface area contributed by atoms with E-state index in [4.69, 9.17) is 4.74 Å². The quantitative estimate of drug-likeness (QED) is 0.537. The van der Waals surface area contributed by atoms with Crippen molar-refractivity contribution in [3.63, 3.8) is 0 Å². The summed E-state index contributed by atoms with van der Waals surface area (Å²) in [6, 6.07) is 15.2. The standard InChI is InChI=1S/C25H29N7O3/c1-18-8-9-26-21(14-18)30-22-15-23(29-19(2)28-22)31-10-12-32(13-11-31)24(33)16-27-25(34)35-17-20-6-4-3-5-7-20/h3-9,14-15H,10-13,16-17H2,1-2H3,(H,27,34)(H,26,28,29,30). The summed E-state index contributed by atoms with van der Waals surface area (Å²) in [7, 11) is 0. The summed E-state index contributed by atoms with van der Waals surface area (Å²) in [5.74, 6) is 2.69. The maximum atomic E-state index is 12.6. The molecule has 1 fully saturated rings. The Morgan fingerprint density at radius 2 is 1.74 bits per heavy atom. The number of nitrogens with zero attached hydrogens (tertiary/aromatic N) is 5. The fourth-order valence-corrected chi connectivity index (χ4v) is 3.73. The minimum absolute atomic E-state index is 0.0994. The van der Waals surface area contributed by atoms with Gasteiger partial charge in [0.05, 0.1) is 0 Å². The maximum Gasteiger partial charge on any atom is 0.407 e. The van der Waals surface area contributed by atoms with Crippen LogP contribution in [0.5, 0.6) is 0 Å². The lowest BCUT2D eigenvalue weighted by atomic mass is 10.2. The van der Waals surface area contributed by atoms with Crippen LogP contribution in [-0.4, -0.2) is 64.6 Å². The van der Waals surface area contributed by atoms with Crippen LogP contribution in [-0.2, 0) is 16.1 Å². The molecule has 1 saturated heterocycles. The number of amides is 2. The van der Waals surface area contributed by atoms with Crippen LogP contribution >= 0.6 is 0 Å². The highest BCUT2D eigenvalue weighted by Crippen LogP contribution is 2.20. The lowest BCUT2D eigenvalue weighted by molar-refractivity contribution is -0.130. The number of pyridine rings is 1. The van der Waals surface area contributed by atoms with Gasteiger partial charge in [-0.25, -0.2) is 19.7 Å². The average Bonchev–Trinajstić information content (AvgIpc) is 2.86. The van der Waals surface area contributed by atoms with Crippen molar-refractivity contribution in [2.75, 3.05) is 42.9 Å². The van der Waals surface area contributed by atoms with Crippen molar-refractivity contribution in [3.05, 3.63) is 71.7 Å². The van der Waals surface area contributed by atoms with Gasteiger partial charge in [-0.2, -0.15) is 0 Å². The van der Waals surface area contributed by atoms with Crippen molar-refractivity contribution in [2.45, 2.75) is 20.5 Å². The highest BCUT2D eigenvalue weighted by atomic mass is 16.5. The number of rotatable bonds is 7. The Morgan fingerprint density at radius 3 is 2.49 bits per heavy atom. The number of aryl methyl sites for hydroxylation is 2. The van der Waals surface area contributed by atoms with Gasteiger partial charge in [0.15, 0.2) is 0 Å². The van der Waals surface area contributed by atoms with Crippen LogP contribution in [0.3, 0.4) is 0 Å². The maximum absolute atomic E-state index is 12.6. The molecule has 0 aliphatic carbocycles. The van der Waals surface area contributed by atoms with Crippen LogP contribution < -0.4 is 15.5 Å². The fourth-order valence-electron chi connectivity index (χ4n) is 3.73. The van der Waals surface area contributed by atoms with E-state index < -0.39 is 6.09 Å². The molecule has 4 rings (SSSR count). The number of benzene rings is 1. The molecule has 0 saturated carbocycles. The molecule has 10 nitrogen and oxygen atoms in total. The highest BCUT2D eigenvalue weighted by molar-refractivity contribution is 5.82. The second-order valence-electron chi connectivity index (χ2n) is 8.29.